The molecule has 2 nitrogen and oxygen atoms in total. The highest BCUT2D eigenvalue weighted by molar-refractivity contribution is 5.94. The van der Waals surface area contributed by atoms with E-state index in [2.05, 4.69) is 30.9 Å². The Labute approximate surface area is 135 Å². The van der Waals surface area contributed by atoms with Crippen molar-refractivity contribution in [1.82, 2.24) is 4.90 Å². The van der Waals surface area contributed by atoms with E-state index in [0.717, 1.165) is 24.9 Å². The highest BCUT2D eigenvalue weighted by Gasteiger charge is 2.25. The minimum absolute atomic E-state index is 0.232. The summed E-state index contributed by atoms with van der Waals surface area (Å²) in [6, 6.07) is 8.78. The van der Waals surface area contributed by atoms with Crippen molar-refractivity contribution in [1.29, 1.82) is 0 Å². The Morgan fingerprint density at radius 1 is 1.05 bits per heavy atom. The summed E-state index contributed by atoms with van der Waals surface area (Å²) < 4.78 is 0. The fraction of sp³-hybridized carbons (Fsp3) is 0.650. The Bertz CT molecular complexity index is 445. The van der Waals surface area contributed by atoms with Gasteiger partial charge in [0, 0.05) is 18.2 Å². The van der Waals surface area contributed by atoms with Crippen molar-refractivity contribution in [3.63, 3.8) is 0 Å². The van der Waals surface area contributed by atoms with Crippen molar-refractivity contribution in [2.75, 3.05) is 6.54 Å². The zero-order valence-corrected chi connectivity index (χ0v) is 14.3. The number of nitrogens with zero attached hydrogens (tertiary/aromatic N) is 1. The van der Waals surface area contributed by atoms with Crippen LogP contribution in [0.2, 0.25) is 0 Å². The molecule has 0 aliphatic heterocycles. The van der Waals surface area contributed by atoms with Crippen molar-refractivity contribution in [2.45, 2.75) is 77.7 Å². The summed E-state index contributed by atoms with van der Waals surface area (Å²) in [7, 11) is 0. The minimum Gasteiger partial charge on any atom is -0.336 e. The fourth-order valence-corrected chi connectivity index (χ4v) is 3.44. The number of carbonyl (C=O) groups is 1. The largest absolute Gasteiger partial charge is 0.336 e. The SMILES string of the molecule is CCCCc1ccc(C(=O)N(CCC)C2CCCCC2)cc1. The average molecular weight is 301 g/mol. The van der Waals surface area contributed by atoms with E-state index in [9.17, 15) is 4.79 Å². The third kappa shape index (κ3) is 4.59. The molecule has 2 heteroatoms. The average Bonchev–Trinajstić information content (AvgIpc) is 2.58. The molecular formula is C20H31NO. The molecule has 122 valence electrons. The summed E-state index contributed by atoms with van der Waals surface area (Å²) in [6.45, 7) is 5.27. The molecule has 0 bridgehead atoms. The number of rotatable bonds is 7. The molecule has 0 unspecified atom stereocenters. The van der Waals surface area contributed by atoms with Crippen molar-refractivity contribution >= 4 is 5.91 Å². The van der Waals surface area contributed by atoms with E-state index in [1.165, 1.54) is 50.5 Å². The number of hydrogen-bond acceptors (Lipinski definition) is 1. The second kappa shape index (κ2) is 8.97. The van der Waals surface area contributed by atoms with E-state index in [1.807, 2.05) is 12.1 Å². The first-order chi connectivity index (χ1) is 10.8. The molecule has 2 rings (SSSR count). The lowest BCUT2D eigenvalue weighted by atomic mass is 9.93. The summed E-state index contributed by atoms with van der Waals surface area (Å²) in [5.74, 6) is 0.232. The molecule has 0 heterocycles. The fourth-order valence-electron chi connectivity index (χ4n) is 3.44. The number of unbranched alkanes of at least 4 members (excludes halogenated alkanes) is 1. The van der Waals surface area contributed by atoms with Gasteiger partial charge in [0.25, 0.3) is 5.91 Å². The molecule has 0 spiro atoms. The van der Waals surface area contributed by atoms with Crippen LogP contribution in [0, 0.1) is 0 Å². The lowest BCUT2D eigenvalue weighted by molar-refractivity contribution is 0.0634. The Balaban J connectivity index is 2.05. The molecule has 1 aliphatic rings. The second-order valence-electron chi connectivity index (χ2n) is 6.59. The van der Waals surface area contributed by atoms with E-state index in [0.29, 0.717) is 6.04 Å². The maximum Gasteiger partial charge on any atom is 0.254 e. The Morgan fingerprint density at radius 2 is 1.73 bits per heavy atom. The zero-order valence-electron chi connectivity index (χ0n) is 14.3. The highest BCUT2D eigenvalue weighted by atomic mass is 16.2. The van der Waals surface area contributed by atoms with Crippen LogP contribution in [0.1, 0.15) is 81.1 Å². The number of aryl methyl sites for hydroxylation is 1. The lowest BCUT2D eigenvalue weighted by Crippen LogP contribution is -2.41. The third-order valence-corrected chi connectivity index (χ3v) is 4.76. The van der Waals surface area contributed by atoms with Gasteiger partial charge in [-0.15, -0.1) is 0 Å². The van der Waals surface area contributed by atoms with Gasteiger partial charge in [-0.1, -0.05) is 51.7 Å². The number of carbonyl (C=O) groups excluding carboxylic acids is 1. The van der Waals surface area contributed by atoms with Crippen molar-refractivity contribution in [2.24, 2.45) is 0 Å². The molecular weight excluding hydrogens is 270 g/mol. The van der Waals surface area contributed by atoms with Crippen LogP contribution in [0.5, 0.6) is 0 Å². The normalized spacial score (nSPS) is 15.7. The standard InChI is InChI=1S/C20H31NO/c1-3-5-9-17-12-14-18(15-13-17)20(22)21(16-4-2)19-10-7-6-8-11-19/h12-15,19H,3-11,16H2,1-2H3. The molecule has 0 N–H and O–H groups in total. The van der Waals surface area contributed by atoms with Crippen LogP contribution in [0.25, 0.3) is 0 Å². The monoisotopic (exact) mass is 301 g/mol. The van der Waals surface area contributed by atoms with Crippen molar-refractivity contribution < 1.29 is 4.79 Å². The molecule has 22 heavy (non-hydrogen) atoms. The van der Waals surface area contributed by atoms with Gasteiger partial charge in [-0.25, -0.2) is 0 Å². The number of hydrogen-bond donors (Lipinski definition) is 0. The van der Waals surface area contributed by atoms with Gasteiger partial charge in [-0.2, -0.15) is 0 Å². The molecule has 1 aliphatic carbocycles. The van der Waals surface area contributed by atoms with Crippen LogP contribution in [0.3, 0.4) is 0 Å². The van der Waals surface area contributed by atoms with Crippen molar-refractivity contribution in [3.8, 4) is 0 Å². The molecule has 0 saturated heterocycles. The highest BCUT2D eigenvalue weighted by Crippen LogP contribution is 2.24. The third-order valence-electron chi connectivity index (χ3n) is 4.76. The Kier molecular flexibility index (Phi) is 6.95. The summed E-state index contributed by atoms with van der Waals surface area (Å²) in [4.78, 5) is 15.0. The molecule has 1 saturated carbocycles. The molecule has 1 amide bonds. The van der Waals surface area contributed by atoms with Gasteiger partial charge in [-0.3, -0.25) is 4.79 Å². The summed E-state index contributed by atoms with van der Waals surface area (Å²) in [6.07, 6.45) is 10.8. The smallest absolute Gasteiger partial charge is 0.254 e. The Morgan fingerprint density at radius 3 is 2.32 bits per heavy atom. The van der Waals surface area contributed by atoms with Gasteiger partial charge in [0.2, 0.25) is 0 Å². The Hall–Kier alpha value is -1.31. The molecule has 1 aromatic carbocycles. The summed E-state index contributed by atoms with van der Waals surface area (Å²) in [5.41, 5.74) is 2.21. The quantitative estimate of drug-likeness (QED) is 0.676. The van der Waals surface area contributed by atoms with Crippen LogP contribution < -0.4 is 0 Å². The van der Waals surface area contributed by atoms with E-state index >= 15 is 0 Å². The first kappa shape index (κ1) is 17.1. The van der Waals surface area contributed by atoms with Gasteiger partial charge in [0.1, 0.15) is 0 Å². The predicted octanol–water partition coefficient (Wildman–Crippen LogP) is 5.21. The van der Waals surface area contributed by atoms with Gasteiger partial charge in [0.15, 0.2) is 0 Å². The van der Waals surface area contributed by atoms with Gasteiger partial charge in [0.05, 0.1) is 0 Å². The van der Waals surface area contributed by atoms with Crippen LogP contribution in [-0.4, -0.2) is 23.4 Å². The molecule has 1 fully saturated rings. The topological polar surface area (TPSA) is 20.3 Å². The molecule has 0 radical (unpaired) electrons. The first-order valence-corrected chi connectivity index (χ1v) is 9.16. The first-order valence-electron chi connectivity index (χ1n) is 9.16. The van der Waals surface area contributed by atoms with Crippen molar-refractivity contribution in [3.05, 3.63) is 35.4 Å². The number of benzene rings is 1. The van der Waals surface area contributed by atoms with Gasteiger partial charge in [-0.05, 0) is 49.8 Å². The lowest BCUT2D eigenvalue weighted by Gasteiger charge is -2.34. The van der Waals surface area contributed by atoms with E-state index in [-0.39, 0.29) is 5.91 Å². The van der Waals surface area contributed by atoms with Crippen LogP contribution in [0.4, 0.5) is 0 Å². The second-order valence-corrected chi connectivity index (χ2v) is 6.59. The minimum atomic E-state index is 0.232. The van der Waals surface area contributed by atoms with E-state index in [1.54, 1.807) is 0 Å². The van der Waals surface area contributed by atoms with Crippen LogP contribution in [0.15, 0.2) is 24.3 Å². The maximum absolute atomic E-state index is 12.9. The predicted molar refractivity (Wildman–Crippen MR) is 93.3 cm³/mol. The molecule has 1 aromatic rings. The van der Waals surface area contributed by atoms with Gasteiger partial charge >= 0.3 is 0 Å². The molecule has 0 aromatic heterocycles. The van der Waals surface area contributed by atoms with Crippen LogP contribution >= 0.6 is 0 Å². The van der Waals surface area contributed by atoms with Crippen LogP contribution in [-0.2, 0) is 6.42 Å². The van der Waals surface area contributed by atoms with E-state index in [4.69, 9.17) is 0 Å². The maximum atomic E-state index is 12.9. The zero-order chi connectivity index (χ0) is 15.8. The summed E-state index contributed by atoms with van der Waals surface area (Å²) >= 11 is 0. The summed E-state index contributed by atoms with van der Waals surface area (Å²) in [5, 5.41) is 0. The number of amides is 1. The van der Waals surface area contributed by atoms with E-state index < -0.39 is 0 Å². The van der Waals surface area contributed by atoms with Gasteiger partial charge < -0.3 is 4.90 Å². The molecule has 0 atom stereocenters.